The molecule has 0 aliphatic heterocycles. The van der Waals surface area contributed by atoms with Gasteiger partial charge in [0.1, 0.15) is 0 Å². The Morgan fingerprint density at radius 3 is 2.61 bits per heavy atom. The van der Waals surface area contributed by atoms with E-state index < -0.39 is 0 Å². The number of amides is 1. The summed E-state index contributed by atoms with van der Waals surface area (Å²) in [6.45, 7) is 6.44. The van der Waals surface area contributed by atoms with Crippen LogP contribution in [0.4, 0.5) is 0 Å². The summed E-state index contributed by atoms with van der Waals surface area (Å²) in [5, 5.41) is 0. The zero-order valence-corrected chi connectivity index (χ0v) is 12.2. The molecular weight excluding hydrogens is 244 g/mol. The SMILES string of the molecule is Cc1cccc(C(=O)N(C)CC(C)C(N)=S)c1C. The van der Waals surface area contributed by atoms with E-state index in [9.17, 15) is 4.79 Å². The van der Waals surface area contributed by atoms with Crippen molar-refractivity contribution in [2.45, 2.75) is 20.8 Å². The second-order valence-electron chi connectivity index (χ2n) is 4.74. The maximum absolute atomic E-state index is 12.3. The van der Waals surface area contributed by atoms with Crippen LogP contribution in [-0.4, -0.2) is 29.4 Å². The van der Waals surface area contributed by atoms with Crippen LogP contribution in [0.5, 0.6) is 0 Å². The van der Waals surface area contributed by atoms with Crippen molar-refractivity contribution in [1.82, 2.24) is 4.90 Å². The Morgan fingerprint density at radius 1 is 1.44 bits per heavy atom. The molecule has 1 unspecified atom stereocenters. The van der Waals surface area contributed by atoms with Crippen molar-refractivity contribution in [2.75, 3.05) is 13.6 Å². The second kappa shape index (κ2) is 5.96. The van der Waals surface area contributed by atoms with Crippen molar-refractivity contribution in [3.8, 4) is 0 Å². The molecule has 0 spiro atoms. The van der Waals surface area contributed by atoms with Gasteiger partial charge < -0.3 is 10.6 Å². The number of aryl methyl sites for hydroxylation is 1. The smallest absolute Gasteiger partial charge is 0.253 e. The molecule has 0 fully saturated rings. The maximum atomic E-state index is 12.3. The topological polar surface area (TPSA) is 46.3 Å². The van der Waals surface area contributed by atoms with Gasteiger partial charge in [0.05, 0.1) is 4.99 Å². The summed E-state index contributed by atoms with van der Waals surface area (Å²) in [6.07, 6.45) is 0. The summed E-state index contributed by atoms with van der Waals surface area (Å²) in [5.74, 6) is 0.0402. The van der Waals surface area contributed by atoms with E-state index in [4.69, 9.17) is 18.0 Å². The van der Waals surface area contributed by atoms with Gasteiger partial charge in [-0.05, 0) is 31.0 Å². The van der Waals surface area contributed by atoms with E-state index in [0.717, 1.165) is 16.7 Å². The average Bonchev–Trinajstić information content (AvgIpc) is 2.31. The first-order chi connectivity index (χ1) is 8.34. The number of nitrogens with zero attached hydrogens (tertiary/aromatic N) is 1. The van der Waals surface area contributed by atoms with E-state index in [1.807, 2.05) is 39.0 Å². The number of benzene rings is 1. The number of thiocarbonyl (C=S) groups is 1. The number of hydrogen-bond donors (Lipinski definition) is 1. The molecule has 0 radical (unpaired) electrons. The molecule has 2 N–H and O–H groups in total. The molecule has 98 valence electrons. The molecular formula is C14H20N2OS. The van der Waals surface area contributed by atoms with E-state index in [1.165, 1.54) is 0 Å². The van der Waals surface area contributed by atoms with Gasteiger partial charge in [-0.2, -0.15) is 0 Å². The monoisotopic (exact) mass is 264 g/mol. The molecule has 18 heavy (non-hydrogen) atoms. The highest BCUT2D eigenvalue weighted by atomic mass is 32.1. The molecule has 0 aliphatic carbocycles. The van der Waals surface area contributed by atoms with E-state index in [-0.39, 0.29) is 11.8 Å². The second-order valence-corrected chi connectivity index (χ2v) is 5.21. The standard InChI is InChI=1S/C14H20N2OS/c1-9-6-5-7-12(11(9)3)14(17)16(4)8-10(2)13(15)18/h5-7,10H,8H2,1-4H3,(H2,15,18). The van der Waals surface area contributed by atoms with Crippen LogP contribution < -0.4 is 5.73 Å². The molecule has 1 aromatic carbocycles. The lowest BCUT2D eigenvalue weighted by Gasteiger charge is -2.22. The maximum Gasteiger partial charge on any atom is 0.253 e. The van der Waals surface area contributed by atoms with Crippen LogP contribution in [0.15, 0.2) is 18.2 Å². The molecule has 1 rings (SSSR count). The molecule has 4 heteroatoms. The number of nitrogens with two attached hydrogens (primary N) is 1. The third-order valence-corrected chi connectivity index (χ3v) is 3.62. The zero-order chi connectivity index (χ0) is 13.9. The summed E-state index contributed by atoms with van der Waals surface area (Å²) < 4.78 is 0. The Kier molecular flexibility index (Phi) is 4.84. The van der Waals surface area contributed by atoms with Crippen molar-refractivity contribution < 1.29 is 4.79 Å². The van der Waals surface area contributed by atoms with Gasteiger partial charge in [0.25, 0.3) is 5.91 Å². The van der Waals surface area contributed by atoms with Gasteiger partial charge in [-0.15, -0.1) is 0 Å². The van der Waals surface area contributed by atoms with Crippen LogP contribution in [0.2, 0.25) is 0 Å². The Hall–Kier alpha value is -1.42. The summed E-state index contributed by atoms with van der Waals surface area (Å²) in [5.41, 5.74) is 8.46. The molecule has 0 aliphatic rings. The Morgan fingerprint density at radius 2 is 2.06 bits per heavy atom. The van der Waals surface area contributed by atoms with E-state index in [2.05, 4.69) is 0 Å². The van der Waals surface area contributed by atoms with E-state index in [0.29, 0.717) is 11.5 Å². The average molecular weight is 264 g/mol. The van der Waals surface area contributed by atoms with Gasteiger partial charge in [0.15, 0.2) is 0 Å². The fraction of sp³-hybridized carbons (Fsp3) is 0.429. The quantitative estimate of drug-likeness (QED) is 0.849. The lowest BCUT2D eigenvalue weighted by atomic mass is 10.0. The molecule has 1 amide bonds. The van der Waals surface area contributed by atoms with Gasteiger partial charge in [-0.3, -0.25) is 4.79 Å². The van der Waals surface area contributed by atoms with Crippen LogP contribution in [0.3, 0.4) is 0 Å². The summed E-state index contributed by atoms with van der Waals surface area (Å²) >= 11 is 4.93. The fourth-order valence-electron chi connectivity index (χ4n) is 1.77. The normalized spacial score (nSPS) is 12.0. The summed E-state index contributed by atoms with van der Waals surface area (Å²) in [7, 11) is 1.78. The molecule has 1 atom stereocenters. The lowest BCUT2D eigenvalue weighted by Crippen LogP contribution is -2.35. The van der Waals surface area contributed by atoms with Crippen LogP contribution in [-0.2, 0) is 0 Å². The van der Waals surface area contributed by atoms with E-state index >= 15 is 0 Å². The zero-order valence-electron chi connectivity index (χ0n) is 11.4. The molecule has 0 saturated carbocycles. The first-order valence-corrected chi connectivity index (χ1v) is 6.36. The van der Waals surface area contributed by atoms with Crippen molar-refractivity contribution in [1.29, 1.82) is 0 Å². The molecule has 0 aromatic heterocycles. The summed E-state index contributed by atoms with van der Waals surface area (Å²) in [6, 6.07) is 5.76. The molecule has 1 aromatic rings. The molecule has 0 saturated heterocycles. The van der Waals surface area contributed by atoms with Gasteiger partial charge in [0, 0.05) is 25.1 Å². The highest BCUT2D eigenvalue weighted by Gasteiger charge is 2.17. The lowest BCUT2D eigenvalue weighted by molar-refractivity contribution is 0.0786. The molecule has 0 heterocycles. The Labute approximate surface area is 114 Å². The third kappa shape index (κ3) is 3.29. The number of hydrogen-bond acceptors (Lipinski definition) is 2. The first kappa shape index (κ1) is 14.6. The highest BCUT2D eigenvalue weighted by Crippen LogP contribution is 2.15. The third-order valence-electron chi connectivity index (χ3n) is 3.22. The van der Waals surface area contributed by atoms with Gasteiger partial charge in [-0.1, -0.05) is 31.3 Å². The predicted molar refractivity (Wildman–Crippen MR) is 78.8 cm³/mol. The number of carbonyl (C=O) groups is 1. The minimum Gasteiger partial charge on any atom is -0.393 e. The van der Waals surface area contributed by atoms with Crippen LogP contribution in [0, 0.1) is 19.8 Å². The van der Waals surface area contributed by atoms with Gasteiger partial charge in [0.2, 0.25) is 0 Å². The predicted octanol–water partition coefficient (Wildman–Crippen LogP) is 2.30. The van der Waals surface area contributed by atoms with Crippen molar-refractivity contribution in [3.05, 3.63) is 34.9 Å². The molecule has 3 nitrogen and oxygen atoms in total. The number of rotatable bonds is 4. The minimum atomic E-state index is 0.0132. The number of carbonyl (C=O) groups excluding carboxylic acids is 1. The molecule has 0 bridgehead atoms. The largest absolute Gasteiger partial charge is 0.393 e. The van der Waals surface area contributed by atoms with Crippen molar-refractivity contribution in [2.24, 2.45) is 11.7 Å². The Balaban J connectivity index is 2.87. The van der Waals surface area contributed by atoms with Crippen molar-refractivity contribution in [3.63, 3.8) is 0 Å². The van der Waals surface area contributed by atoms with Gasteiger partial charge in [-0.25, -0.2) is 0 Å². The van der Waals surface area contributed by atoms with Crippen LogP contribution >= 0.6 is 12.2 Å². The van der Waals surface area contributed by atoms with E-state index in [1.54, 1.807) is 11.9 Å². The van der Waals surface area contributed by atoms with Crippen LogP contribution in [0.1, 0.15) is 28.4 Å². The van der Waals surface area contributed by atoms with Gasteiger partial charge >= 0.3 is 0 Å². The Bertz CT molecular complexity index is 471. The minimum absolute atomic E-state index is 0.0132. The van der Waals surface area contributed by atoms with Crippen LogP contribution in [0.25, 0.3) is 0 Å². The summed E-state index contributed by atoms with van der Waals surface area (Å²) in [4.78, 5) is 14.4. The van der Waals surface area contributed by atoms with Crippen molar-refractivity contribution >= 4 is 23.1 Å². The first-order valence-electron chi connectivity index (χ1n) is 5.95. The highest BCUT2D eigenvalue weighted by molar-refractivity contribution is 7.80. The fourth-order valence-corrected chi connectivity index (χ4v) is 1.85.